The molecule has 2 N–H and O–H groups in total. The van der Waals surface area contributed by atoms with Crippen molar-refractivity contribution in [1.29, 1.82) is 0 Å². The number of aryl methyl sites for hydroxylation is 1. The van der Waals surface area contributed by atoms with Gasteiger partial charge in [-0.3, -0.25) is 4.68 Å². The molecule has 2 rings (SSSR count). The molecule has 88 valence electrons. The molecular weight excluding hydrogens is 244 g/mol. The average molecular weight is 253 g/mol. The Morgan fingerprint density at radius 1 is 1.53 bits per heavy atom. The van der Waals surface area contributed by atoms with E-state index in [2.05, 4.69) is 15.4 Å². The Hall–Kier alpha value is -2.08. The van der Waals surface area contributed by atoms with E-state index in [1.54, 1.807) is 31.4 Å². The number of nitrogens with one attached hydrogen (secondary N) is 1. The van der Waals surface area contributed by atoms with Crippen molar-refractivity contribution in [3.05, 3.63) is 35.1 Å². The molecule has 0 unspecified atom stereocenters. The first-order chi connectivity index (χ1) is 8.09. The summed E-state index contributed by atoms with van der Waals surface area (Å²) in [4.78, 5) is 15.1. The number of halogens is 1. The molecule has 0 aliphatic rings. The van der Waals surface area contributed by atoms with Crippen LogP contribution < -0.4 is 5.32 Å². The lowest BCUT2D eigenvalue weighted by Crippen LogP contribution is -2.05. The number of aromatic nitrogens is 3. The number of hydrogen-bond acceptors (Lipinski definition) is 4. The van der Waals surface area contributed by atoms with E-state index in [0.29, 0.717) is 11.6 Å². The second-order valence-electron chi connectivity index (χ2n) is 3.28. The average Bonchev–Trinajstić information content (AvgIpc) is 2.55. The van der Waals surface area contributed by atoms with Crippen LogP contribution in [0.5, 0.6) is 0 Å². The molecule has 0 saturated carbocycles. The van der Waals surface area contributed by atoms with Crippen molar-refractivity contribution in [3.63, 3.8) is 0 Å². The van der Waals surface area contributed by atoms with E-state index in [-0.39, 0.29) is 10.7 Å². The van der Waals surface area contributed by atoms with E-state index in [9.17, 15) is 4.79 Å². The molecule has 6 nitrogen and oxygen atoms in total. The molecule has 0 amide bonds. The second kappa shape index (κ2) is 4.42. The number of carbonyl (C=O) groups is 1. The Bertz CT molecular complexity index is 553. The van der Waals surface area contributed by atoms with Crippen molar-refractivity contribution < 1.29 is 9.90 Å². The van der Waals surface area contributed by atoms with E-state index in [0.717, 1.165) is 0 Å². The molecule has 2 heterocycles. The minimum absolute atomic E-state index is 0.0570. The van der Waals surface area contributed by atoms with Gasteiger partial charge in [-0.25, -0.2) is 9.78 Å². The van der Waals surface area contributed by atoms with Gasteiger partial charge < -0.3 is 10.4 Å². The maximum absolute atomic E-state index is 11.0. The van der Waals surface area contributed by atoms with Crippen LogP contribution in [0.3, 0.4) is 0 Å². The van der Waals surface area contributed by atoms with Gasteiger partial charge in [0.05, 0.1) is 0 Å². The third-order valence-corrected chi connectivity index (χ3v) is 2.39. The van der Waals surface area contributed by atoms with Crippen LogP contribution in [0.2, 0.25) is 5.15 Å². The van der Waals surface area contributed by atoms with Crippen molar-refractivity contribution >= 4 is 29.2 Å². The van der Waals surface area contributed by atoms with Crippen molar-refractivity contribution in [1.82, 2.24) is 14.8 Å². The first-order valence-corrected chi connectivity index (χ1v) is 5.11. The van der Waals surface area contributed by atoms with Crippen LogP contribution >= 0.6 is 11.6 Å². The highest BCUT2D eigenvalue weighted by Gasteiger charge is 2.21. The number of pyridine rings is 1. The lowest BCUT2D eigenvalue weighted by molar-refractivity contribution is 0.0698. The monoisotopic (exact) mass is 252 g/mol. The number of carboxylic acids is 1. The molecule has 0 aliphatic carbocycles. The van der Waals surface area contributed by atoms with Gasteiger partial charge in [0, 0.05) is 13.2 Å². The Labute approximate surface area is 102 Å². The Morgan fingerprint density at radius 3 is 2.88 bits per heavy atom. The molecule has 0 bridgehead atoms. The van der Waals surface area contributed by atoms with Gasteiger partial charge in [0.2, 0.25) is 0 Å². The number of hydrogen-bond donors (Lipinski definition) is 2. The highest BCUT2D eigenvalue weighted by Crippen LogP contribution is 2.25. The smallest absolute Gasteiger partial charge is 0.342 e. The molecule has 0 atom stereocenters. The summed E-state index contributed by atoms with van der Waals surface area (Å²) in [5.74, 6) is -0.322. The van der Waals surface area contributed by atoms with Crippen LogP contribution in [0.15, 0.2) is 24.4 Å². The zero-order valence-electron chi connectivity index (χ0n) is 8.88. The van der Waals surface area contributed by atoms with Gasteiger partial charge in [0.15, 0.2) is 5.15 Å². The third-order valence-electron chi connectivity index (χ3n) is 2.13. The number of nitrogens with zero attached hydrogens (tertiary/aromatic N) is 3. The standard InChI is InChI=1S/C10H9ClN4O2/c1-15-9(7(10(16)17)8(11)14-15)13-6-4-2-3-5-12-6/h2-5H,1H3,(H,12,13)(H,16,17). The molecule has 0 aliphatic heterocycles. The lowest BCUT2D eigenvalue weighted by Gasteiger charge is -2.06. The molecule has 2 aromatic heterocycles. The summed E-state index contributed by atoms with van der Waals surface area (Å²) in [5.41, 5.74) is -0.0696. The lowest BCUT2D eigenvalue weighted by atomic mass is 10.3. The van der Waals surface area contributed by atoms with Gasteiger partial charge in [-0.1, -0.05) is 17.7 Å². The first-order valence-electron chi connectivity index (χ1n) is 4.73. The fraction of sp³-hybridized carbons (Fsp3) is 0.100. The molecule has 0 saturated heterocycles. The maximum Gasteiger partial charge on any atom is 0.342 e. The molecule has 0 spiro atoms. The number of rotatable bonds is 3. The van der Waals surface area contributed by atoms with Crippen molar-refractivity contribution in [3.8, 4) is 0 Å². The number of anilines is 2. The Balaban J connectivity index is 2.42. The van der Waals surface area contributed by atoms with Gasteiger partial charge in [0.25, 0.3) is 0 Å². The normalized spacial score (nSPS) is 10.2. The predicted molar refractivity (Wildman–Crippen MR) is 62.7 cm³/mol. The topological polar surface area (TPSA) is 80.0 Å². The number of aromatic carboxylic acids is 1. The number of carboxylic acid groups (broad SMARTS) is 1. The summed E-state index contributed by atoms with van der Waals surface area (Å²) in [6.45, 7) is 0. The Kier molecular flexibility index (Phi) is 2.97. The maximum atomic E-state index is 11.0. The minimum Gasteiger partial charge on any atom is -0.477 e. The minimum atomic E-state index is -1.14. The van der Waals surface area contributed by atoms with Gasteiger partial charge in [-0.05, 0) is 12.1 Å². The van der Waals surface area contributed by atoms with E-state index >= 15 is 0 Å². The highest BCUT2D eigenvalue weighted by molar-refractivity contribution is 6.33. The second-order valence-corrected chi connectivity index (χ2v) is 3.64. The highest BCUT2D eigenvalue weighted by atomic mass is 35.5. The summed E-state index contributed by atoms with van der Waals surface area (Å²) in [5, 5.41) is 15.7. The molecular formula is C10H9ClN4O2. The molecule has 17 heavy (non-hydrogen) atoms. The quantitative estimate of drug-likeness (QED) is 0.872. The van der Waals surface area contributed by atoms with Gasteiger partial charge in [0.1, 0.15) is 17.2 Å². The SMILES string of the molecule is Cn1nc(Cl)c(C(=O)O)c1Nc1ccccn1. The van der Waals surface area contributed by atoms with Crippen molar-refractivity contribution in [2.75, 3.05) is 5.32 Å². The summed E-state index contributed by atoms with van der Waals surface area (Å²) >= 11 is 5.74. The summed E-state index contributed by atoms with van der Waals surface area (Å²) in [7, 11) is 1.60. The zero-order valence-corrected chi connectivity index (χ0v) is 9.64. The van der Waals surface area contributed by atoms with Gasteiger partial charge in [-0.2, -0.15) is 5.10 Å². The van der Waals surface area contributed by atoms with Crippen LogP contribution in [0, 0.1) is 0 Å². The van der Waals surface area contributed by atoms with Crippen LogP contribution in [0.1, 0.15) is 10.4 Å². The zero-order chi connectivity index (χ0) is 12.4. The first kappa shape index (κ1) is 11.4. The van der Waals surface area contributed by atoms with Gasteiger partial charge >= 0.3 is 5.97 Å². The molecule has 0 radical (unpaired) electrons. The van der Waals surface area contributed by atoms with Crippen molar-refractivity contribution in [2.24, 2.45) is 7.05 Å². The molecule has 2 aromatic rings. The fourth-order valence-electron chi connectivity index (χ4n) is 1.38. The van der Waals surface area contributed by atoms with Gasteiger partial charge in [-0.15, -0.1) is 0 Å². The van der Waals surface area contributed by atoms with E-state index in [4.69, 9.17) is 16.7 Å². The predicted octanol–water partition coefficient (Wildman–Crippen LogP) is 1.91. The fourth-order valence-corrected chi connectivity index (χ4v) is 1.67. The largest absolute Gasteiger partial charge is 0.477 e. The van der Waals surface area contributed by atoms with E-state index < -0.39 is 5.97 Å². The van der Waals surface area contributed by atoms with E-state index in [1.807, 2.05) is 0 Å². The summed E-state index contributed by atoms with van der Waals surface area (Å²) in [6.07, 6.45) is 1.60. The summed E-state index contributed by atoms with van der Waals surface area (Å²) < 4.78 is 1.36. The third kappa shape index (κ3) is 2.21. The van der Waals surface area contributed by atoms with Crippen LogP contribution in [0.4, 0.5) is 11.6 Å². The van der Waals surface area contributed by atoms with Crippen molar-refractivity contribution in [2.45, 2.75) is 0 Å². The van der Waals surface area contributed by atoms with E-state index in [1.165, 1.54) is 4.68 Å². The Morgan fingerprint density at radius 2 is 2.29 bits per heavy atom. The molecule has 0 aromatic carbocycles. The van der Waals surface area contributed by atoms with Crippen LogP contribution in [0.25, 0.3) is 0 Å². The molecule has 7 heteroatoms. The van der Waals surface area contributed by atoms with Crippen LogP contribution in [-0.4, -0.2) is 25.8 Å². The summed E-state index contributed by atoms with van der Waals surface area (Å²) in [6, 6.07) is 5.26. The van der Waals surface area contributed by atoms with Crippen LogP contribution in [-0.2, 0) is 7.05 Å². The molecule has 0 fully saturated rings.